The molecule has 0 aliphatic rings. The molecule has 0 aliphatic heterocycles. The molecule has 1 aromatic carbocycles. The molecule has 15 heavy (non-hydrogen) atoms. The molecule has 0 bridgehead atoms. The zero-order valence-electron chi connectivity index (χ0n) is 8.88. The van der Waals surface area contributed by atoms with Crippen LogP contribution in [-0.4, -0.2) is 13.0 Å². The number of carbonyl (C=O) groups excluding carboxylic acids is 1. The molecule has 1 rings (SSSR count). The van der Waals surface area contributed by atoms with E-state index in [0.29, 0.717) is 5.56 Å². The highest BCUT2D eigenvalue weighted by Gasteiger charge is 2.16. The predicted molar refractivity (Wildman–Crippen MR) is 56.7 cm³/mol. The molecule has 82 valence electrons. The van der Waals surface area contributed by atoms with E-state index >= 15 is 0 Å². The third kappa shape index (κ3) is 3.02. The maximum atomic E-state index is 13.5. The zero-order chi connectivity index (χ0) is 11.4. The number of halogens is 1. The van der Waals surface area contributed by atoms with Gasteiger partial charge in [-0.2, -0.15) is 0 Å². The minimum absolute atomic E-state index is 0.0941. The number of carbonyl (C=O) groups is 1. The smallest absolute Gasteiger partial charge is 0.219 e. The summed E-state index contributed by atoms with van der Waals surface area (Å²) in [6.45, 7) is 1.87. The third-order valence-corrected chi connectivity index (χ3v) is 2.28. The van der Waals surface area contributed by atoms with Gasteiger partial charge in [-0.15, -0.1) is 0 Å². The van der Waals surface area contributed by atoms with Gasteiger partial charge in [0.2, 0.25) is 5.91 Å². The van der Waals surface area contributed by atoms with Gasteiger partial charge >= 0.3 is 0 Å². The van der Waals surface area contributed by atoms with Crippen molar-refractivity contribution in [1.29, 1.82) is 0 Å². The van der Waals surface area contributed by atoms with E-state index in [4.69, 9.17) is 5.73 Å². The van der Waals surface area contributed by atoms with E-state index in [0.717, 1.165) is 5.56 Å². The Bertz CT molecular complexity index is 366. The average molecular weight is 210 g/mol. The first kappa shape index (κ1) is 11.7. The number of nitrogens with two attached hydrogens (primary N) is 1. The van der Waals surface area contributed by atoms with E-state index in [1.54, 1.807) is 19.2 Å². The normalized spacial score (nSPS) is 12.5. The summed E-state index contributed by atoms with van der Waals surface area (Å²) < 4.78 is 13.5. The van der Waals surface area contributed by atoms with Crippen LogP contribution in [-0.2, 0) is 4.79 Å². The van der Waals surface area contributed by atoms with Gasteiger partial charge in [-0.05, 0) is 20.0 Å². The van der Waals surface area contributed by atoms with Crippen molar-refractivity contribution in [3.63, 3.8) is 0 Å². The summed E-state index contributed by atoms with van der Waals surface area (Å²) in [5.74, 6) is -0.767. The molecule has 1 unspecified atom stereocenters. The third-order valence-electron chi connectivity index (χ3n) is 2.28. The predicted octanol–water partition coefficient (Wildman–Crippen LogP) is 1.27. The number of amides is 1. The lowest BCUT2D eigenvalue weighted by molar-refractivity contribution is -0.118. The van der Waals surface area contributed by atoms with Gasteiger partial charge in [0, 0.05) is 18.0 Å². The Balaban J connectivity index is 3.00. The van der Waals surface area contributed by atoms with Crippen LogP contribution in [0.1, 0.15) is 23.6 Å². The Kier molecular flexibility index (Phi) is 3.80. The lowest BCUT2D eigenvalue weighted by Gasteiger charge is -2.16. The van der Waals surface area contributed by atoms with Gasteiger partial charge in [-0.3, -0.25) is 4.79 Å². The highest BCUT2D eigenvalue weighted by Crippen LogP contribution is 2.20. The molecule has 1 amide bonds. The van der Waals surface area contributed by atoms with Crippen LogP contribution < -0.4 is 11.1 Å². The molecule has 1 atom stereocenters. The molecule has 1 aromatic rings. The van der Waals surface area contributed by atoms with Crippen molar-refractivity contribution in [1.82, 2.24) is 5.32 Å². The number of hydrogen-bond acceptors (Lipinski definition) is 2. The quantitative estimate of drug-likeness (QED) is 0.786. The zero-order valence-corrected chi connectivity index (χ0v) is 8.88. The van der Waals surface area contributed by atoms with E-state index in [2.05, 4.69) is 5.32 Å². The molecule has 0 heterocycles. The highest BCUT2D eigenvalue weighted by atomic mass is 19.1. The number of benzene rings is 1. The minimum Gasteiger partial charge on any atom is -0.370 e. The molecule has 3 nitrogen and oxygen atoms in total. The number of primary amides is 1. The van der Waals surface area contributed by atoms with Crippen LogP contribution in [0.15, 0.2) is 18.2 Å². The van der Waals surface area contributed by atoms with Crippen molar-refractivity contribution in [2.24, 2.45) is 5.73 Å². The van der Waals surface area contributed by atoms with Crippen molar-refractivity contribution in [2.75, 3.05) is 7.05 Å². The molecule has 0 saturated heterocycles. The van der Waals surface area contributed by atoms with Gasteiger partial charge < -0.3 is 11.1 Å². The molecule has 0 spiro atoms. The molecule has 0 aromatic heterocycles. The van der Waals surface area contributed by atoms with Crippen molar-refractivity contribution in [3.8, 4) is 0 Å². The fourth-order valence-electron chi connectivity index (χ4n) is 1.50. The summed E-state index contributed by atoms with van der Waals surface area (Å²) in [5, 5.41) is 2.88. The van der Waals surface area contributed by atoms with Crippen LogP contribution in [0, 0.1) is 12.7 Å². The number of hydrogen-bond donors (Lipinski definition) is 2. The first-order valence-corrected chi connectivity index (χ1v) is 4.76. The van der Waals surface area contributed by atoms with Crippen molar-refractivity contribution >= 4 is 5.91 Å². The maximum absolute atomic E-state index is 13.5. The molecule has 3 N–H and O–H groups in total. The maximum Gasteiger partial charge on any atom is 0.219 e. The Morgan fingerprint density at radius 2 is 2.27 bits per heavy atom. The highest BCUT2D eigenvalue weighted by molar-refractivity contribution is 5.74. The lowest BCUT2D eigenvalue weighted by atomic mass is 10.0. The Hall–Kier alpha value is -1.42. The largest absolute Gasteiger partial charge is 0.370 e. The molecule has 0 saturated carbocycles. The number of nitrogens with one attached hydrogen (secondary N) is 1. The van der Waals surface area contributed by atoms with Gasteiger partial charge in [-0.25, -0.2) is 4.39 Å². The van der Waals surface area contributed by atoms with Crippen LogP contribution in [0.2, 0.25) is 0 Å². The van der Waals surface area contributed by atoms with Crippen molar-refractivity contribution < 1.29 is 9.18 Å². The topological polar surface area (TPSA) is 55.1 Å². The van der Waals surface area contributed by atoms with Crippen LogP contribution in [0.4, 0.5) is 4.39 Å². The van der Waals surface area contributed by atoms with E-state index in [-0.39, 0.29) is 18.3 Å². The Morgan fingerprint density at radius 3 is 2.80 bits per heavy atom. The van der Waals surface area contributed by atoms with Crippen LogP contribution >= 0.6 is 0 Å². The van der Waals surface area contributed by atoms with Crippen molar-refractivity contribution in [3.05, 3.63) is 35.1 Å². The number of aryl methyl sites for hydroxylation is 1. The van der Waals surface area contributed by atoms with Gasteiger partial charge in [0.1, 0.15) is 5.82 Å². The number of rotatable bonds is 4. The summed E-state index contributed by atoms with van der Waals surface area (Å²) in [5.41, 5.74) is 6.53. The van der Waals surface area contributed by atoms with Crippen LogP contribution in [0.3, 0.4) is 0 Å². The van der Waals surface area contributed by atoms with Crippen molar-refractivity contribution in [2.45, 2.75) is 19.4 Å². The van der Waals surface area contributed by atoms with E-state index in [1.165, 1.54) is 6.07 Å². The summed E-state index contributed by atoms with van der Waals surface area (Å²) in [6, 6.07) is 4.45. The summed E-state index contributed by atoms with van der Waals surface area (Å²) in [6.07, 6.45) is 0.0941. The van der Waals surface area contributed by atoms with E-state index in [1.807, 2.05) is 6.92 Å². The molecule has 0 aliphatic carbocycles. The molecule has 4 heteroatoms. The summed E-state index contributed by atoms with van der Waals surface area (Å²) >= 11 is 0. The standard InChI is InChI=1S/C11H15FN2O/c1-7-3-4-9(12)8(5-7)10(14-2)6-11(13)15/h3-5,10,14H,6H2,1-2H3,(H2,13,15). The lowest BCUT2D eigenvalue weighted by Crippen LogP contribution is -2.24. The first-order valence-electron chi connectivity index (χ1n) is 4.76. The SMILES string of the molecule is CNC(CC(N)=O)c1cc(C)ccc1F. The van der Waals surface area contributed by atoms with Gasteiger partial charge in [0.05, 0.1) is 0 Å². The molecular formula is C11H15FN2O. The van der Waals surface area contributed by atoms with E-state index < -0.39 is 5.91 Å². The Morgan fingerprint density at radius 1 is 1.60 bits per heavy atom. The van der Waals surface area contributed by atoms with Gasteiger partial charge in [0.25, 0.3) is 0 Å². The average Bonchev–Trinajstić information content (AvgIpc) is 2.18. The Labute approximate surface area is 88.5 Å². The van der Waals surface area contributed by atoms with Gasteiger partial charge in [-0.1, -0.05) is 17.7 Å². The molecule has 0 fully saturated rings. The molecular weight excluding hydrogens is 195 g/mol. The minimum atomic E-state index is -0.449. The fourth-order valence-corrected chi connectivity index (χ4v) is 1.50. The first-order chi connectivity index (χ1) is 7.04. The van der Waals surface area contributed by atoms with Crippen LogP contribution in [0.5, 0.6) is 0 Å². The molecule has 0 radical (unpaired) electrons. The summed E-state index contributed by atoms with van der Waals surface area (Å²) in [4.78, 5) is 10.8. The van der Waals surface area contributed by atoms with Gasteiger partial charge in [0.15, 0.2) is 0 Å². The van der Waals surface area contributed by atoms with Crippen LogP contribution in [0.25, 0.3) is 0 Å². The summed E-state index contributed by atoms with van der Waals surface area (Å²) in [7, 11) is 1.68. The second kappa shape index (κ2) is 4.89. The monoisotopic (exact) mass is 210 g/mol. The fraction of sp³-hybridized carbons (Fsp3) is 0.364. The van der Waals surface area contributed by atoms with E-state index in [9.17, 15) is 9.18 Å². The second-order valence-electron chi connectivity index (χ2n) is 3.54. The second-order valence-corrected chi connectivity index (χ2v) is 3.54.